The Kier molecular flexibility index (Phi) is 5.52. The van der Waals surface area contributed by atoms with Gasteiger partial charge in [0, 0.05) is 5.56 Å². The third-order valence-corrected chi connectivity index (χ3v) is 3.24. The minimum atomic E-state index is -0.388. The number of amides is 1. The number of hydrogen-bond donors (Lipinski definition) is 2. The van der Waals surface area contributed by atoms with E-state index >= 15 is 0 Å². The Labute approximate surface area is 134 Å². The summed E-state index contributed by atoms with van der Waals surface area (Å²) < 4.78 is 5.13. The fourth-order valence-corrected chi connectivity index (χ4v) is 2.09. The third-order valence-electron chi connectivity index (χ3n) is 3.24. The maximum absolute atomic E-state index is 12.1. The highest BCUT2D eigenvalue weighted by molar-refractivity contribution is 5.97. The minimum absolute atomic E-state index is 0.127. The number of allylic oxidation sites excluding steroid dienone is 1. The number of aromatic hydroxyl groups is 1. The first kappa shape index (κ1) is 16.3. The summed E-state index contributed by atoms with van der Waals surface area (Å²) >= 11 is 0. The van der Waals surface area contributed by atoms with Gasteiger partial charge in [-0.3, -0.25) is 4.79 Å². The molecule has 2 N–H and O–H groups in total. The van der Waals surface area contributed by atoms with Gasteiger partial charge in [0.15, 0.2) is 0 Å². The van der Waals surface area contributed by atoms with Crippen molar-refractivity contribution in [1.82, 2.24) is 5.43 Å². The van der Waals surface area contributed by atoms with E-state index in [1.165, 1.54) is 13.3 Å². The molecule has 23 heavy (non-hydrogen) atoms. The summed E-state index contributed by atoms with van der Waals surface area (Å²) in [5.41, 5.74) is 4.07. The van der Waals surface area contributed by atoms with Gasteiger partial charge in [0.25, 0.3) is 5.91 Å². The van der Waals surface area contributed by atoms with Crippen molar-refractivity contribution in [3.05, 3.63) is 71.8 Å². The van der Waals surface area contributed by atoms with E-state index in [2.05, 4.69) is 17.1 Å². The number of ether oxygens (including phenoxy) is 1. The smallest absolute Gasteiger partial charge is 0.275 e. The van der Waals surface area contributed by atoms with Gasteiger partial charge in [-0.1, -0.05) is 30.3 Å². The Morgan fingerprint density at radius 3 is 2.83 bits per heavy atom. The molecule has 5 heteroatoms. The van der Waals surface area contributed by atoms with Crippen LogP contribution < -0.4 is 10.2 Å². The predicted octanol–water partition coefficient (Wildman–Crippen LogP) is 2.89. The second-order valence-electron chi connectivity index (χ2n) is 4.75. The SMILES string of the molecule is C=CCc1cccc(C=NNC(=O)c2ccccc2OC)c1O. The maximum Gasteiger partial charge on any atom is 0.275 e. The zero-order valence-electron chi connectivity index (χ0n) is 12.8. The molecule has 118 valence electrons. The molecule has 2 aromatic carbocycles. The second-order valence-corrected chi connectivity index (χ2v) is 4.75. The van der Waals surface area contributed by atoms with Crippen LogP contribution in [0.25, 0.3) is 0 Å². The van der Waals surface area contributed by atoms with Crippen molar-refractivity contribution in [3.63, 3.8) is 0 Å². The quantitative estimate of drug-likeness (QED) is 0.489. The third kappa shape index (κ3) is 3.97. The average Bonchev–Trinajstić information content (AvgIpc) is 2.58. The number of hydrogen-bond acceptors (Lipinski definition) is 4. The largest absolute Gasteiger partial charge is 0.507 e. The van der Waals surface area contributed by atoms with Crippen LogP contribution in [-0.4, -0.2) is 24.3 Å². The number of hydrazone groups is 1. The molecule has 0 fully saturated rings. The number of phenols is 1. The van der Waals surface area contributed by atoms with Crippen molar-refractivity contribution in [1.29, 1.82) is 0 Å². The van der Waals surface area contributed by atoms with Crippen LogP contribution in [0, 0.1) is 0 Å². The maximum atomic E-state index is 12.1. The van der Waals surface area contributed by atoms with Gasteiger partial charge >= 0.3 is 0 Å². The summed E-state index contributed by atoms with van der Waals surface area (Å²) in [7, 11) is 1.50. The number of phenolic OH excluding ortho intramolecular Hbond substituents is 1. The number of nitrogens with one attached hydrogen (secondary N) is 1. The molecule has 0 aromatic heterocycles. The second kappa shape index (κ2) is 7.79. The molecule has 0 aliphatic carbocycles. The van der Waals surface area contributed by atoms with Crippen LogP contribution in [0.3, 0.4) is 0 Å². The van der Waals surface area contributed by atoms with Gasteiger partial charge in [0.1, 0.15) is 11.5 Å². The predicted molar refractivity (Wildman–Crippen MR) is 90.1 cm³/mol. The highest BCUT2D eigenvalue weighted by Crippen LogP contribution is 2.21. The fourth-order valence-electron chi connectivity index (χ4n) is 2.09. The monoisotopic (exact) mass is 310 g/mol. The molecule has 1 amide bonds. The van der Waals surface area contributed by atoms with Gasteiger partial charge in [-0.05, 0) is 30.2 Å². The van der Waals surface area contributed by atoms with Crippen LogP contribution in [0.15, 0.2) is 60.2 Å². The Morgan fingerprint density at radius 2 is 2.09 bits per heavy atom. The summed E-state index contributed by atoms with van der Waals surface area (Å²) in [6.07, 6.45) is 3.66. The number of rotatable bonds is 6. The molecule has 0 saturated carbocycles. The molecular weight excluding hydrogens is 292 g/mol. The fraction of sp³-hybridized carbons (Fsp3) is 0.111. The van der Waals surface area contributed by atoms with Gasteiger partial charge in [-0.2, -0.15) is 5.10 Å². The minimum Gasteiger partial charge on any atom is -0.507 e. The summed E-state index contributed by atoms with van der Waals surface area (Å²) in [6.45, 7) is 3.65. The van der Waals surface area contributed by atoms with Crippen LogP contribution in [0.4, 0.5) is 0 Å². The van der Waals surface area contributed by atoms with Crippen LogP contribution in [-0.2, 0) is 6.42 Å². The van der Waals surface area contributed by atoms with Crippen LogP contribution in [0.5, 0.6) is 11.5 Å². The van der Waals surface area contributed by atoms with Gasteiger partial charge in [-0.15, -0.1) is 6.58 Å². The van der Waals surface area contributed by atoms with Crippen molar-refractivity contribution in [2.75, 3.05) is 7.11 Å². The number of carbonyl (C=O) groups is 1. The molecule has 0 radical (unpaired) electrons. The highest BCUT2D eigenvalue weighted by atomic mass is 16.5. The topological polar surface area (TPSA) is 70.9 Å². The Hall–Kier alpha value is -3.08. The molecule has 0 saturated heterocycles. The van der Waals surface area contributed by atoms with E-state index in [1.54, 1.807) is 36.4 Å². The summed E-state index contributed by atoms with van der Waals surface area (Å²) in [5, 5.41) is 14.0. The summed E-state index contributed by atoms with van der Waals surface area (Å²) in [6, 6.07) is 12.2. The molecule has 0 unspecified atom stereocenters. The van der Waals surface area contributed by atoms with Crippen molar-refractivity contribution < 1.29 is 14.6 Å². The number of benzene rings is 2. The number of para-hydroxylation sites is 2. The zero-order chi connectivity index (χ0) is 16.7. The molecule has 0 atom stereocenters. The van der Waals surface area contributed by atoms with E-state index in [0.717, 1.165) is 5.56 Å². The van der Waals surface area contributed by atoms with E-state index in [-0.39, 0.29) is 11.7 Å². The van der Waals surface area contributed by atoms with Gasteiger partial charge < -0.3 is 9.84 Å². The van der Waals surface area contributed by atoms with Gasteiger partial charge in [0.2, 0.25) is 0 Å². The standard InChI is InChI=1S/C18H18N2O3/c1-3-7-13-8-6-9-14(17(13)21)12-19-20-18(22)15-10-4-5-11-16(15)23-2/h3-6,8-12,21H,1,7H2,2H3,(H,20,22). The first-order chi connectivity index (χ1) is 11.2. The Morgan fingerprint density at radius 1 is 1.30 bits per heavy atom. The molecule has 0 bridgehead atoms. The molecule has 2 aromatic rings. The normalized spacial score (nSPS) is 10.5. The van der Waals surface area contributed by atoms with Gasteiger partial charge in [-0.25, -0.2) is 5.43 Å². The first-order valence-electron chi connectivity index (χ1n) is 7.05. The summed E-state index contributed by atoms with van der Waals surface area (Å²) in [4.78, 5) is 12.1. The lowest BCUT2D eigenvalue weighted by Crippen LogP contribution is -2.18. The molecule has 5 nitrogen and oxygen atoms in total. The lowest BCUT2D eigenvalue weighted by atomic mass is 10.1. The number of methoxy groups -OCH3 is 1. The van der Waals surface area contributed by atoms with E-state index in [1.807, 2.05) is 12.1 Å². The van der Waals surface area contributed by atoms with E-state index in [4.69, 9.17) is 4.74 Å². The molecule has 0 heterocycles. The van der Waals surface area contributed by atoms with Crippen LogP contribution in [0.2, 0.25) is 0 Å². The van der Waals surface area contributed by atoms with Crippen molar-refractivity contribution >= 4 is 12.1 Å². The van der Waals surface area contributed by atoms with E-state index < -0.39 is 0 Å². The lowest BCUT2D eigenvalue weighted by Gasteiger charge is -2.06. The number of nitrogens with zero attached hydrogens (tertiary/aromatic N) is 1. The zero-order valence-corrected chi connectivity index (χ0v) is 12.8. The lowest BCUT2D eigenvalue weighted by molar-refractivity contribution is 0.0952. The van der Waals surface area contributed by atoms with Crippen molar-refractivity contribution in [3.8, 4) is 11.5 Å². The Bertz CT molecular complexity index is 739. The summed E-state index contributed by atoms with van der Waals surface area (Å²) in [5.74, 6) is 0.208. The Balaban J connectivity index is 2.11. The average molecular weight is 310 g/mol. The molecule has 0 aliphatic heterocycles. The van der Waals surface area contributed by atoms with Gasteiger partial charge in [0.05, 0.1) is 18.9 Å². The molecule has 2 rings (SSSR count). The molecule has 0 aliphatic rings. The first-order valence-corrected chi connectivity index (χ1v) is 7.05. The highest BCUT2D eigenvalue weighted by Gasteiger charge is 2.10. The van der Waals surface area contributed by atoms with Crippen molar-refractivity contribution in [2.24, 2.45) is 5.10 Å². The van der Waals surface area contributed by atoms with Crippen LogP contribution in [0.1, 0.15) is 21.5 Å². The van der Waals surface area contributed by atoms with Crippen molar-refractivity contribution in [2.45, 2.75) is 6.42 Å². The molecular formula is C18H18N2O3. The van der Waals surface area contributed by atoms with E-state index in [0.29, 0.717) is 23.3 Å². The van der Waals surface area contributed by atoms with Crippen LogP contribution >= 0.6 is 0 Å². The number of carbonyl (C=O) groups excluding carboxylic acids is 1. The molecule has 0 spiro atoms. The van der Waals surface area contributed by atoms with E-state index in [9.17, 15) is 9.90 Å².